The van der Waals surface area contributed by atoms with Gasteiger partial charge in [-0.05, 0) is 30.6 Å². The molecule has 0 aromatic rings. The quantitative estimate of drug-likeness (QED) is 0.326. The third-order valence-corrected chi connectivity index (χ3v) is 3.69. The SMILES string of the molecule is O=C=NC1CC2C=CC1C1CC21. The molecular formula is C10H11NO. The first-order valence-corrected chi connectivity index (χ1v) is 4.65. The summed E-state index contributed by atoms with van der Waals surface area (Å²) in [6.45, 7) is 0. The Hall–Kier alpha value is -0.880. The lowest BCUT2D eigenvalue weighted by molar-refractivity contribution is 0.269. The van der Waals surface area contributed by atoms with Gasteiger partial charge in [0.05, 0.1) is 6.04 Å². The van der Waals surface area contributed by atoms with E-state index in [0.717, 1.165) is 24.2 Å². The van der Waals surface area contributed by atoms with E-state index < -0.39 is 0 Å². The number of fused-ring (bicyclic) bond motifs is 1. The molecule has 0 spiro atoms. The highest BCUT2D eigenvalue weighted by molar-refractivity contribution is 5.35. The summed E-state index contributed by atoms with van der Waals surface area (Å²) < 4.78 is 0. The van der Waals surface area contributed by atoms with Crippen molar-refractivity contribution in [1.29, 1.82) is 0 Å². The number of nitrogens with zero attached hydrogens (tertiary/aromatic N) is 1. The Morgan fingerprint density at radius 3 is 2.92 bits per heavy atom. The molecule has 0 saturated heterocycles. The molecule has 5 atom stereocenters. The van der Waals surface area contributed by atoms with Crippen LogP contribution in [0.1, 0.15) is 12.8 Å². The van der Waals surface area contributed by atoms with E-state index in [4.69, 9.17) is 0 Å². The maximum Gasteiger partial charge on any atom is 0.235 e. The van der Waals surface area contributed by atoms with Gasteiger partial charge in [0.15, 0.2) is 0 Å². The van der Waals surface area contributed by atoms with Crippen LogP contribution in [0.25, 0.3) is 0 Å². The van der Waals surface area contributed by atoms with E-state index >= 15 is 0 Å². The maximum atomic E-state index is 10.2. The van der Waals surface area contributed by atoms with Gasteiger partial charge in [-0.15, -0.1) is 0 Å². The van der Waals surface area contributed by atoms with Crippen molar-refractivity contribution in [2.75, 3.05) is 0 Å². The van der Waals surface area contributed by atoms with E-state index in [9.17, 15) is 4.79 Å². The van der Waals surface area contributed by atoms with Crippen molar-refractivity contribution < 1.29 is 4.79 Å². The zero-order valence-electron chi connectivity index (χ0n) is 6.81. The number of allylic oxidation sites excluding steroid dienone is 1. The van der Waals surface area contributed by atoms with Gasteiger partial charge in [-0.3, -0.25) is 0 Å². The molecule has 0 aromatic heterocycles. The zero-order valence-corrected chi connectivity index (χ0v) is 6.81. The fourth-order valence-corrected chi connectivity index (χ4v) is 3.04. The van der Waals surface area contributed by atoms with Crippen molar-refractivity contribution in [3.8, 4) is 0 Å². The van der Waals surface area contributed by atoms with Crippen LogP contribution in [0.2, 0.25) is 0 Å². The van der Waals surface area contributed by atoms with Crippen LogP contribution in [-0.4, -0.2) is 12.1 Å². The molecule has 4 aliphatic carbocycles. The summed E-state index contributed by atoms with van der Waals surface area (Å²) >= 11 is 0. The van der Waals surface area contributed by atoms with Crippen LogP contribution in [0.15, 0.2) is 17.1 Å². The molecule has 4 rings (SSSR count). The summed E-state index contributed by atoms with van der Waals surface area (Å²) in [7, 11) is 0. The molecule has 5 unspecified atom stereocenters. The van der Waals surface area contributed by atoms with Gasteiger partial charge in [0.25, 0.3) is 0 Å². The number of isocyanates is 1. The third kappa shape index (κ3) is 0.709. The number of rotatable bonds is 1. The van der Waals surface area contributed by atoms with Crippen LogP contribution in [0, 0.1) is 23.7 Å². The second kappa shape index (κ2) is 2.08. The highest BCUT2D eigenvalue weighted by Crippen LogP contribution is 2.60. The predicted molar refractivity (Wildman–Crippen MR) is 44.2 cm³/mol. The molecule has 0 amide bonds. The summed E-state index contributed by atoms with van der Waals surface area (Å²) in [5.41, 5.74) is 0. The van der Waals surface area contributed by atoms with Crippen LogP contribution in [0.4, 0.5) is 0 Å². The molecule has 2 bridgehead atoms. The first-order valence-electron chi connectivity index (χ1n) is 4.65. The minimum absolute atomic E-state index is 0.265. The van der Waals surface area contributed by atoms with Gasteiger partial charge in [0, 0.05) is 5.92 Å². The van der Waals surface area contributed by atoms with Gasteiger partial charge >= 0.3 is 0 Å². The molecule has 0 heterocycles. The summed E-state index contributed by atoms with van der Waals surface area (Å²) in [4.78, 5) is 14.0. The molecule has 62 valence electrons. The minimum atomic E-state index is 0.265. The van der Waals surface area contributed by atoms with Crippen LogP contribution in [0.3, 0.4) is 0 Å². The zero-order chi connectivity index (χ0) is 8.13. The highest BCUT2D eigenvalue weighted by atomic mass is 16.1. The fourth-order valence-electron chi connectivity index (χ4n) is 3.04. The second-order valence-electron chi connectivity index (χ2n) is 4.21. The molecule has 12 heavy (non-hydrogen) atoms. The lowest BCUT2D eigenvalue weighted by Gasteiger charge is -2.34. The van der Waals surface area contributed by atoms with Crippen molar-refractivity contribution in [3.05, 3.63) is 12.2 Å². The van der Waals surface area contributed by atoms with E-state index in [0.29, 0.717) is 5.92 Å². The minimum Gasteiger partial charge on any atom is -0.211 e. The van der Waals surface area contributed by atoms with Crippen molar-refractivity contribution >= 4 is 6.08 Å². The predicted octanol–water partition coefficient (Wildman–Crippen LogP) is 1.53. The largest absolute Gasteiger partial charge is 0.235 e. The standard InChI is InChI=1S/C10H11NO/c12-5-11-10-3-6-1-2-7(10)9-4-8(6)9/h1-2,6-10H,3-4H2. The van der Waals surface area contributed by atoms with Gasteiger partial charge in [-0.25, -0.2) is 9.79 Å². The van der Waals surface area contributed by atoms with Crippen molar-refractivity contribution in [2.45, 2.75) is 18.9 Å². The van der Waals surface area contributed by atoms with Gasteiger partial charge in [0.1, 0.15) is 0 Å². The smallest absolute Gasteiger partial charge is 0.211 e. The molecule has 2 heteroatoms. The van der Waals surface area contributed by atoms with Crippen LogP contribution < -0.4 is 0 Å². The van der Waals surface area contributed by atoms with E-state index in [1.807, 2.05) is 0 Å². The first kappa shape index (κ1) is 6.62. The van der Waals surface area contributed by atoms with Gasteiger partial charge < -0.3 is 0 Å². The molecule has 2 fully saturated rings. The highest BCUT2D eigenvalue weighted by Gasteiger charge is 2.55. The Morgan fingerprint density at radius 2 is 2.17 bits per heavy atom. The Bertz CT molecular complexity index is 290. The third-order valence-electron chi connectivity index (χ3n) is 3.69. The average Bonchev–Trinajstić information content (AvgIpc) is 2.85. The van der Waals surface area contributed by atoms with E-state index in [1.54, 1.807) is 6.08 Å². The molecule has 4 aliphatic rings. The van der Waals surface area contributed by atoms with E-state index in [2.05, 4.69) is 17.1 Å². The van der Waals surface area contributed by atoms with Gasteiger partial charge in [-0.1, -0.05) is 12.2 Å². The molecule has 0 radical (unpaired) electrons. The fraction of sp³-hybridized carbons (Fsp3) is 0.700. The topological polar surface area (TPSA) is 29.4 Å². The lowest BCUT2D eigenvalue weighted by Crippen LogP contribution is -2.32. The van der Waals surface area contributed by atoms with E-state index in [1.165, 1.54) is 6.42 Å². The number of hydrogen-bond donors (Lipinski definition) is 0. The van der Waals surface area contributed by atoms with Crippen LogP contribution in [0.5, 0.6) is 0 Å². The van der Waals surface area contributed by atoms with Crippen molar-refractivity contribution in [1.82, 2.24) is 0 Å². The Balaban J connectivity index is 1.94. The number of aliphatic imine (C=N–C) groups is 1. The van der Waals surface area contributed by atoms with Crippen molar-refractivity contribution in [3.63, 3.8) is 0 Å². The number of hydrogen-bond acceptors (Lipinski definition) is 2. The number of carbonyl (C=O) groups excluding carboxylic acids is 1. The second-order valence-corrected chi connectivity index (χ2v) is 4.21. The van der Waals surface area contributed by atoms with Gasteiger partial charge in [-0.2, -0.15) is 0 Å². The maximum absolute atomic E-state index is 10.2. The summed E-state index contributed by atoms with van der Waals surface area (Å²) in [5.74, 6) is 3.09. The summed E-state index contributed by atoms with van der Waals surface area (Å²) in [5, 5.41) is 0. The average molecular weight is 161 g/mol. The Labute approximate surface area is 71.4 Å². The van der Waals surface area contributed by atoms with Gasteiger partial charge in [0.2, 0.25) is 6.08 Å². The Kier molecular flexibility index (Phi) is 1.15. The lowest BCUT2D eigenvalue weighted by atomic mass is 9.73. The monoisotopic (exact) mass is 161 g/mol. The van der Waals surface area contributed by atoms with Crippen LogP contribution >= 0.6 is 0 Å². The molecule has 0 N–H and O–H groups in total. The molecule has 0 aromatic carbocycles. The summed E-state index contributed by atoms with van der Waals surface area (Å²) in [6.07, 6.45) is 8.77. The summed E-state index contributed by atoms with van der Waals surface area (Å²) in [6, 6.07) is 0.265. The van der Waals surface area contributed by atoms with Crippen LogP contribution in [-0.2, 0) is 4.79 Å². The van der Waals surface area contributed by atoms with E-state index in [-0.39, 0.29) is 6.04 Å². The molecular weight excluding hydrogens is 150 g/mol. The first-order chi connectivity index (χ1) is 5.90. The normalized spacial score (nSPS) is 52.8. The molecule has 2 saturated carbocycles. The molecule has 0 aliphatic heterocycles. The molecule has 2 nitrogen and oxygen atoms in total. The van der Waals surface area contributed by atoms with Crippen molar-refractivity contribution in [2.24, 2.45) is 28.7 Å². The Morgan fingerprint density at radius 1 is 1.25 bits per heavy atom.